The molecule has 1 N–H and O–H groups in total. The molecule has 2 aliphatic rings. The first-order chi connectivity index (χ1) is 24.4. The van der Waals surface area contributed by atoms with Gasteiger partial charge >= 0.3 is 5.97 Å². The van der Waals surface area contributed by atoms with Crippen molar-refractivity contribution in [3.63, 3.8) is 0 Å². The number of esters is 1. The van der Waals surface area contributed by atoms with Crippen LogP contribution in [0, 0.1) is 17.8 Å². The topological polar surface area (TPSA) is 102 Å². The average Bonchev–Trinajstić information content (AvgIpc) is 3.12. The summed E-state index contributed by atoms with van der Waals surface area (Å²) in [4.78, 5) is 26.6. The molecule has 0 radical (unpaired) electrons. The van der Waals surface area contributed by atoms with E-state index in [4.69, 9.17) is 63.2 Å². The molecule has 3 aromatic rings. The van der Waals surface area contributed by atoms with E-state index >= 15 is 0 Å². The Morgan fingerprint density at radius 3 is 1.82 bits per heavy atom. The Morgan fingerprint density at radius 2 is 1.25 bits per heavy atom. The molecule has 276 valence electrons. The number of ether oxygens (including phenoxy) is 6. The number of halogens is 3. The molecule has 3 aromatic carbocycles. The molecule has 51 heavy (non-hydrogen) atoms. The van der Waals surface area contributed by atoms with Gasteiger partial charge in [-0.3, -0.25) is 4.79 Å². The number of carbonyl (C=O) groups excluding carboxylic acids is 2. The monoisotopic (exact) mass is 761 g/mol. The van der Waals surface area contributed by atoms with Crippen molar-refractivity contribution in [2.45, 2.75) is 94.2 Å². The van der Waals surface area contributed by atoms with E-state index in [1.165, 1.54) is 0 Å². The third-order valence-corrected chi connectivity index (χ3v) is 10.2. The molecule has 0 bridgehead atoms. The number of amides is 1. The zero-order chi connectivity index (χ0) is 36.5. The van der Waals surface area contributed by atoms with Gasteiger partial charge < -0.3 is 33.7 Å². The zero-order valence-electron chi connectivity index (χ0n) is 29.2. The van der Waals surface area contributed by atoms with E-state index in [2.05, 4.69) is 5.32 Å². The summed E-state index contributed by atoms with van der Waals surface area (Å²) < 4.78 is 35.9. The summed E-state index contributed by atoms with van der Waals surface area (Å²) >= 11 is 18.0. The summed E-state index contributed by atoms with van der Waals surface area (Å²) in [7, 11) is 0. The summed E-state index contributed by atoms with van der Waals surface area (Å²) in [6, 6.07) is 28.3. The largest absolute Gasteiger partial charge is 0.459 e. The lowest BCUT2D eigenvalue weighted by Crippen LogP contribution is -2.64. The molecular formula is C39H46Cl3NO8. The van der Waals surface area contributed by atoms with Crippen LogP contribution in [0.1, 0.15) is 44.4 Å². The van der Waals surface area contributed by atoms with Crippen LogP contribution >= 0.6 is 34.8 Å². The fourth-order valence-electron chi connectivity index (χ4n) is 6.50. The number of carbonyl (C=O) groups is 2. The standard InChI is InChI=1S/C39H46Cl3NO8/c1-24-25(2)35(47-21-29-16-10-6-11-17-29)37(51-34(24)36(44)48-22-30-18-12-7-13-19-30)50-33-26(3)31(23-46-20-28-14-8-5-9-15-28)49-27(4)32(33)43-38(45)39(40,41)42/h5-19,24-27,31-35,37H,20-23H2,1-4H3,(H,43,45)/t24-,25+,26+,27?,31?,32?,33+,34?,35?,37-/m1/s1. The fourth-order valence-corrected chi connectivity index (χ4v) is 6.66. The van der Waals surface area contributed by atoms with Crippen LogP contribution in [0.5, 0.6) is 0 Å². The molecular weight excluding hydrogens is 717 g/mol. The minimum absolute atomic E-state index is 0.102. The normalized spacial score (nSPS) is 29.6. The van der Waals surface area contributed by atoms with E-state index in [9.17, 15) is 9.59 Å². The maximum Gasteiger partial charge on any atom is 0.336 e. The van der Waals surface area contributed by atoms with Crippen LogP contribution in [0.15, 0.2) is 91.0 Å². The van der Waals surface area contributed by atoms with Gasteiger partial charge in [-0.15, -0.1) is 0 Å². The van der Waals surface area contributed by atoms with E-state index in [1.807, 2.05) is 119 Å². The molecule has 2 fully saturated rings. The molecule has 1 amide bonds. The lowest BCUT2D eigenvalue weighted by molar-refractivity contribution is -0.313. The van der Waals surface area contributed by atoms with Crippen LogP contribution in [-0.2, 0) is 57.8 Å². The first-order valence-electron chi connectivity index (χ1n) is 17.2. The van der Waals surface area contributed by atoms with E-state index in [0.717, 1.165) is 16.7 Å². The van der Waals surface area contributed by atoms with Gasteiger partial charge in [0.2, 0.25) is 0 Å². The molecule has 9 nitrogen and oxygen atoms in total. The Hall–Kier alpha value is -2.73. The Kier molecular flexibility index (Phi) is 14.2. The highest BCUT2D eigenvalue weighted by molar-refractivity contribution is 6.76. The molecule has 0 spiro atoms. The molecule has 5 rings (SSSR count). The molecule has 2 aliphatic heterocycles. The van der Waals surface area contributed by atoms with Gasteiger partial charge in [0.15, 0.2) is 12.4 Å². The van der Waals surface area contributed by atoms with Crippen LogP contribution < -0.4 is 5.32 Å². The predicted molar refractivity (Wildman–Crippen MR) is 195 cm³/mol. The maximum absolute atomic E-state index is 13.6. The predicted octanol–water partition coefficient (Wildman–Crippen LogP) is 7.19. The summed E-state index contributed by atoms with van der Waals surface area (Å²) in [5.41, 5.74) is 2.85. The third kappa shape index (κ3) is 10.7. The van der Waals surface area contributed by atoms with Crippen LogP contribution in [0.4, 0.5) is 0 Å². The van der Waals surface area contributed by atoms with Crippen molar-refractivity contribution in [2.75, 3.05) is 6.61 Å². The Morgan fingerprint density at radius 1 is 0.706 bits per heavy atom. The number of hydrogen-bond donors (Lipinski definition) is 1. The minimum atomic E-state index is -2.22. The molecule has 0 aliphatic carbocycles. The highest BCUT2D eigenvalue weighted by Crippen LogP contribution is 2.38. The average molecular weight is 763 g/mol. The van der Waals surface area contributed by atoms with Gasteiger partial charge in [0.25, 0.3) is 9.70 Å². The van der Waals surface area contributed by atoms with E-state index in [1.54, 1.807) is 0 Å². The fraction of sp³-hybridized carbons (Fsp3) is 0.487. The van der Waals surface area contributed by atoms with Crippen molar-refractivity contribution < 1.29 is 38.0 Å². The van der Waals surface area contributed by atoms with Gasteiger partial charge in [-0.25, -0.2) is 4.79 Å². The number of rotatable bonds is 13. The van der Waals surface area contributed by atoms with Crippen LogP contribution in [0.2, 0.25) is 0 Å². The first kappa shape index (κ1) is 39.5. The summed E-state index contributed by atoms with van der Waals surface area (Å²) in [6.45, 7) is 8.75. The van der Waals surface area contributed by atoms with E-state index in [0.29, 0.717) is 6.61 Å². The van der Waals surface area contributed by atoms with Crippen molar-refractivity contribution >= 4 is 46.7 Å². The second-order valence-corrected chi connectivity index (χ2v) is 15.6. The van der Waals surface area contributed by atoms with Crippen LogP contribution in [0.3, 0.4) is 0 Å². The number of alkyl halides is 3. The van der Waals surface area contributed by atoms with Gasteiger partial charge in [0, 0.05) is 5.92 Å². The quantitative estimate of drug-likeness (QED) is 0.144. The van der Waals surface area contributed by atoms with Gasteiger partial charge in [-0.05, 0) is 35.4 Å². The molecule has 2 heterocycles. The minimum Gasteiger partial charge on any atom is -0.459 e. The Labute approximate surface area is 315 Å². The van der Waals surface area contributed by atoms with Crippen molar-refractivity contribution in [1.29, 1.82) is 0 Å². The van der Waals surface area contributed by atoms with Gasteiger partial charge in [0.1, 0.15) is 12.7 Å². The van der Waals surface area contributed by atoms with Crippen molar-refractivity contribution in [3.05, 3.63) is 108 Å². The lowest BCUT2D eigenvalue weighted by atomic mass is 9.82. The van der Waals surface area contributed by atoms with Crippen molar-refractivity contribution in [1.82, 2.24) is 5.32 Å². The smallest absolute Gasteiger partial charge is 0.336 e. The summed E-state index contributed by atoms with van der Waals surface area (Å²) in [5.74, 6) is -2.16. The maximum atomic E-state index is 13.6. The van der Waals surface area contributed by atoms with Gasteiger partial charge in [0.05, 0.1) is 44.2 Å². The lowest BCUT2D eigenvalue weighted by Gasteiger charge is -2.49. The number of benzene rings is 3. The molecule has 0 aromatic heterocycles. The van der Waals surface area contributed by atoms with Crippen molar-refractivity contribution in [3.8, 4) is 0 Å². The molecule has 12 heteroatoms. The number of hydrogen-bond acceptors (Lipinski definition) is 8. The van der Waals surface area contributed by atoms with Gasteiger partial charge in [-0.1, -0.05) is 147 Å². The summed E-state index contributed by atoms with van der Waals surface area (Å²) in [6.07, 6.45) is -4.32. The highest BCUT2D eigenvalue weighted by Gasteiger charge is 2.51. The second kappa shape index (κ2) is 18.3. The van der Waals surface area contributed by atoms with Gasteiger partial charge in [-0.2, -0.15) is 0 Å². The second-order valence-electron chi connectivity index (χ2n) is 13.3. The SMILES string of the molecule is CC1OC(COCc2ccccc2)[C@H](C)[C@H](O[C@@H]2OC(C(=O)OCc3ccccc3)[C@H](C)[C@H](C)C2OCc2ccccc2)C1NC(=O)C(Cl)(Cl)Cl. The summed E-state index contributed by atoms with van der Waals surface area (Å²) in [5, 5.41) is 2.83. The Balaban J connectivity index is 1.40. The third-order valence-electron chi connectivity index (χ3n) is 9.71. The van der Waals surface area contributed by atoms with Crippen LogP contribution in [0.25, 0.3) is 0 Å². The first-order valence-corrected chi connectivity index (χ1v) is 18.4. The molecule has 10 atom stereocenters. The van der Waals surface area contributed by atoms with E-state index in [-0.39, 0.29) is 37.6 Å². The van der Waals surface area contributed by atoms with Crippen molar-refractivity contribution in [2.24, 2.45) is 17.8 Å². The van der Waals surface area contributed by atoms with Crippen LogP contribution in [-0.4, -0.2) is 65.1 Å². The molecule has 2 saturated heterocycles. The highest BCUT2D eigenvalue weighted by atomic mass is 35.6. The zero-order valence-corrected chi connectivity index (χ0v) is 31.4. The molecule has 0 saturated carbocycles. The number of nitrogens with one attached hydrogen (secondary N) is 1. The van der Waals surface area contributed by atoms with E-state index < -0.39 is 58.5 Å². The Bertz CT molecular complexity index is 1530. The molecule has 5 unspecified atom stereocenters.